The van der Waals surface area contributed by atoms with Crippen molar-refractivity contribution in [1.82, 2.24) is 4.90 Å². The van der Waals surface area contributed by atoms with E-state index in [1.54, 1.807) is 11.3 Å². The van der Waals surface area contributed by atoms with Crippen LogP contribution in [-0.2, 0) is 4.79 Å². The summed E-state index contributed by atoms with van der Waals surface area (Å²) < 4.78 is 0. The van der Waals surface area contributed by atoms with Crippen molar-refractivity contribution >= 4 is 23.0 Å². The van der Waals surface area contributed by atoms with Crippen LogP contribution in [0.4, 0.5) is 0 Å². The molecule has 0 unspecified atom stereocenters. The number of hydrogen-bond donors (Lipinski definition) is 0. The first-order valence-corrected chi connectivity index (χ1v) is 7.41. The number of thiophene rings is 1. The van der Waals surface area contributed by atoms with Crippen molar-refractivity contribution in [3.63, 3.8) is 0 Å². The summed E-state index contributed by atoms with van der Waals surface area (Å²) in [4.78, 5) is 26.7. The molecule has 2 heterocycles. The van der Waals surface area contributed by atoms with E-state index in [0.29, 0.717) is 19.3 Å². The van der Waals surface area contributed by atoms with Crippen molar-refractivity contribution in [3.8, 4) is 0 Å². The Morgan fingerprint density at radius 2 is 2.00 bits per heavy atom. The van der Waals surface area contributed by atoms with Crippen LogP contribution in [-0.4, -0.2) is 29.7 Å². The zero-order chi connectivity index (χ0) is 13.0. The fraction of sp³-hybridized carbons (Fsp3) is 0.571. The fourth-order valence-electron chi connectivity index (χ4n) is 2.26. The van der Waals surface area contributed by atoms with Crippen LogP contribution in [0.3, 0.4) is 0 Å². The molecule has 1 amide bonds. The van der Waals surface area contributed by atoms with Gasteiger partial charge < -0.3 is 4.90 Å². The first kappa shape index (κ1) is 13.3. The molecule has 0 atom stereocenters. The van der Waals surface area contributed by atoms with Gasteiger partial charge in [0.15, 0.2) is 5.78 Å². The average Bonchev–Trinajstić information content (AvgIpc) is 2.99. The molecule has 1 aliphatic heterocycles. The molecule has 1 fully saturated rings. The van der Waals surface area contributed by atoms with Gasteiger partial charge in [0.05, 0.1) is 0 Å². The molecule has 98 valence electrons. The highest BCUT2D eigenvalue weighted by Gasteiger charge is 2.17. The highest BCUT2D eigenvalue weighted by Crippen LogP contribution is 2.16. The molecule has 1 saturated heterocycles. The first-order chi connectivity index (χ1) is 8.66. The number of likely N-dealkylation sites (tertiary alicyclic amines) is 1. The lowest BCUT2D eigenvalue weighted by Gasteiger charge is -2.14. The maximum atomic E-state index is 11.8. The van der Waals surface area contributed by atoms with Crippen molar-refractivity contribution in [2.24, 2.45) is 0 Å². The number of rotatable bonds is 5. The van der Waals surface area contributed by atoms with E-state index in [2.05, 4.69) is 0 Å². The summed E-state index contributed by atoms with van der Waals surface area (Å²) in [7, 11) is 0. The normalized spacial score (nSPS) is 15.1. The molecule has 1 aromatic rings. The zero-order valence-corrected chi connectivity index (χ0v) is 11.6. The lowest BCUT2D eigenvalue weighted by Crippen LogP contribution is -2.27. The molecule has 1 aliphatic rings. The fourth-order valence-corrected chi connectivity index (χ4v) is 2.97. The van der Waals surface area contributed by atoms with E-state index >= 15 is 0 Å². The molecule has 0 aliphatic carbocycles. The summed E-state index contributed by atoms with van der Waals surface area (Å²) in [6.07, 6.45) is 3.91. The SMILES string of the molecule is Cc1cc(C(=O)CCCC(=O)N2CCCC2)cs1. The number of carbonyl (C=O) groups excluding carboxylic acids is 2. The first-order valence-electron chi connectivity index (χ1n) is 6.53. The molecule has 0 saturated carbocycles. The molecular weight excluding hydrogens is 246 g/mol. The van der Waals surface area contributed by atoms with Crippen molar-refractivity contribution in [3.05, 3.63) is 21.9 Å². The lowest BCUT2D eigenvalue weighted by atomic mass is 10.1. The molecule has 0 spiro atoms. The van der Waals surface area contributed by atoms with Crippen molar-refractivity contribution in [1.29, 1.82) is 0 Å². The van der Waals surface area contributed by atoms with Gasteiger partial charge in [0.1, 0.15) is 0 Å². The van der Waals surface area contributed by atoms with Crippen LogP contribution in [0.1, 0.15) is 47.3 Å². The molecule has 4 heteroatoms. The van der Waals surface area contributed by atoms with Gasteiger partial charge in [-0.25, -0.2) is 0 Å². The smallest absolute Gasteiger partial charge is 0.222 e. The topological polar surface area (TPSA) is 37.4 Å². The maximum Gasteiger partial charge on any atom is 0.222 e. The molecule has 0 bridgehead atoms. The van der Waals surface area contributed by atoms with Gasteiger partial charge in [-0.15, -0.1) is 11.3 Å². The molecule has 0 N–H and O–H groups in total. The quantitative estimate of drug-likeness (QED) is 0.767. The Bertz CT molecular complexity index is 433. The van der Waals surface area contributed by atoms with Crippen LogP contribution in [0.5, 0.6) is 0 Å². The van der Waals surface area contributed by atoms with Crippen LogP contribution in [0.15, 0.2) is 11.4 Å². The van der Waals surface area contributed by atoms with Crippen LogP contribution in [0.25, 0.3) is 0 Å². The van der Waals surface area contributed by atoms with Crippen LogP contribution in [0.2, 0.25) is 0 Å². The molecule has 2 rings (SSSR count). The van der Waals surface area contributed by atoms with E-state index < -0.39 is 0 Å². The van der Waals surface area contributed by atoms with Gasteiger partial charge >= 0.3 is 0 Å². The number of hydrogen-bond acceptors (Lipinski definition) is 3. The van der Waals surface area contributed by atoms with E-state index in [1.807, 2.05) is 23.3 Å². The van der Waals surface area contributed by atoms with Crippen LogP contribution >= 0.6 is 11.3 Å². The Balaban J connectivity index is 1.71. The summed E-state index contributed by atoms with van der Waals surface area (Å²) in [5.74, 6) is 0.371. The van der Waals surface area contributed by atoms with E-state index in [9.17, 15) is 9.59 Å². The van der Waals surface area contributed by atoms with Gasteiger partial charge in [-0.2, -0.15) is 0 Å². The predicted molar refractivity (Wildman–Crippen MR) is 73.1 cm³/mol. The summed E-state index contributed by atoms with van der Waals surface area (Å²) in [6, 6.07) is 1.93. The monoisotopic (exact) mass is 265 g/mol. The highest BCUT2D eigenvalue weighted by molar-refractivity contribution is 7.10. The second kappa shape index (κ2) is 6.14. The van der Waals surface area contributed by atoms with Gasteiger partial charge in [-0.05, 0) is 32.3 Å². The lowest BCUT2D eigenvalue weighted by molar-refractivity contribution is -0.130. The number of ketones is 1. The minimum atomic E-state index is 0.161. The van der Waals surface area contributed by atoms with Crippen LogP contribution < -0.4 is 0 Å². The third-order valence-electron chi connectivity index (χ3n) is 3.31. The number of Topliss-reactive ketones (excluding diaryl/α,β-unsaturated/α-hetero) is 1. The number of amides is 1. The minimum absolute atomic E-state index is 0.161. The number of nitrogens with zero attached hydrogens (tertiary/aromatic N) is 1. The van der Waals surface area contributed by atoms with Gasteiger partial charge in [-0.3, -0.25) is 9.59 Å². The summed E-state index contributed by atoms with van der Waals surface area (Å²) >= 11 is 1.60. The van der Waals surface area contributed by atoms with Crippen molar-refractivity contribution < 1.29 is 9.59 Å². The van der Waals surface area contributed by atoms with Crippen molar-refractivity contribution in [2.75, 3.05) is 13.1 Å². The molecular formula is C14H19NO2S. The zero-order valence-electron chi connectivity index (χ0n) is 10.8. The van der Waals surface area contributed by atoms with Gasteiger partial charge in [0.25, 0.3) is 0 Å². The Kier molecular flexibility index (Phi) is 4.53. The number of carbonyl (C=O) groups is 2. The molecule has 18 heavy (non-hydrogen) atoms. The second-order valence-corrected chi connectivity index (χ2v) is 5.93. The summed E-state index contributed by atoms with van der Waals surface area (Å²) in [6.45, 7) is 3.80. The Labute approximate surface area is 112 Å². The summed E-state index contributed by atoms with van der Waals surface area (Å²) in [5, 5.41) is 1.90. The van der Waals surface area contributed by atoms with E-state index in [-0.39, 0.29) is 11.7 Å². The van der Waals surface area contributed by atoms with Crippen LogP contribution in [0, 0.1) is 6.92 Å². The number of aryl methyl sites for hydroxylation is 1. The second-order valence-electron chi connectivity index (χ2n) is 4.81. The van der Waals surface area contributed by atoms with E-state index in [0.717, 1.165) is 36.4 Å². The van der Waals surface area contributed by atoms with Gasteiger partial charge in [0.2, 0.25) is 5.91 Å². The van der Waals surface area contributed by atoms with E-state index in [4.69, 9.17) is 0 Å². The Hall–Kier alpha value is -1.16. The maximum absolute atomic E-state index is 11.8. The third-order valence-corrected chi connectivity index (χ3v) is 4.17. The summed E-state index contributed by atoms with van der Waals surface area (Å²) in [5.41, 5.74) is 0.797. The Morgan fingerprint density at radius 3 is 2.61 bits per heavy atom. The standard InChI is InChI=1S/C14H19NO2S/c1-11-9-12(10-18-11)13(16)5-4-6-14(17)15-7-2-3-8-15/h9-10H,2-8H2,1H3. The van der Waals surface area contributed by atoms with Gasteiger partial charge in [0, 0.05) is 41.8 Å². The third kappa shape index (κ3) is 3.42. The molecule has 0 aromatic carbocycles. The van der Waals surface area contributed by atoms with Gasteiger partial charge in [-0.1, -0.05) is 0 Å². The molecule has 1 aromatic heterocycles. The highest BCUT2D eigenvalue weighted by atomic mass is 32.1. The van der Waals surface area contributed by atoms with E-state index in [1.165, 1.54) is 0 Å². The predicted octanol–water partition coefficient (Wildman–Crippen LogP) is 3.03. The Morgan fingerprint density at radius 1 is 1.28 bits per heavy atom. The largest absolute Gasteiger partial charge is 0.343 e. The average molecular weight is 265 g/mol. The molecule has 0 radical (unpaired) electrons. The van der Waals surface area contributed by atoms with Crippen molar-refractivity contribution in [2.45, 2.75) is 39.0 Å². The minimum Gasteiger partial charge on any atom is -0.343 e. The molecule has 3 nitrogen and oxygen atoms in total.